The Labute approximate surface area is 289 Å². The molecule has 2 aliphatic heterocycles. The van der Waals surface area contributed by atoms with Crippen LogP contribution >= 0.6 is 23.2 Å². The van der Waals surface area contributed by atoms with E-state index in [1.54, 1.807) is 48.5 Å². The van der Waals surface area contributed by atoms with E-state index in [1.165, 1.54) is 49.9 Å². The van der Waals surface area contributed by atoms with E-state index < -0.39 is 46.5 Å². The summed E-state index contributed by atoms with van der Waals surface area (Å²) in [5.41, 5.74) is 1.56. The number of methoxy groups -OCH3 is 3. The van der Waals surface area contributed by atoms with Crippen molar-refractivity contribution < 1.29 is 28.9 Å². The van der Waals surface area contributed by atoms with Crippen LogP contribution in [0, 0.1) is 5.92 Å². The predicted molar refractivity (Wildman–Crippen MR) is 180 cm³/mol. The Morgan fingerprint density at radius 3 is 2.27 bits per heavy atom. The molecule has 1 aliphatic carbocycles. The summed E-state index contributed by atoms with van der Waals surface area (Å²) in [5, 5.41) is 13.2. The van der Waals surface area contributed by atoms with Gasteiger partial charge in [-0.1, -0.05) is 41.4 Å². The van der Waals surface area contributed by atoms with Crippen molar-refractivity contribution >= 4 is 40.7 Å². The Hall–Kier alpha value is -5.14. The van der Waals surface area contributed by atoms with Gasteiger partial charge in [0.2, 0.25) is 0 Å². The number of aromatic hydroxyl groups is 1. The van der Waals surface area contributed by atoms with Gasteiger partial charge in [-0.2, -0.15) is 5.01 Å². The number of benzene rings is 3. The van der Waals surface area contributed by atoms with E-state index in [0.29, 0.717) is 27.7 Å². The monoisotopic (exact) mass is 707 g/mol. The van der Waals surface area contributed by atoms with E-state index in [-0.39, 0.29) is 40.7 Å². The number of hydrogen-bond donors (Lipinski definition) is 2. The third kappa shape index (κ3) is 4.59. The molecule has 3 aliphatic rings. The molecule has 4 atom stereocenters. The van der Waals surface area contributed by atoms with Crippen LogP contribution in [0.2, 0.25) is 10.0 Å². The van der Waals surface area contributed by atoms with Crippen molar-refractivity contribution in [1.29, 1.82) is 0 Å². The van der Waals surface area contributed by atoms with Gasteiger partial charge in [0.05, 0.1) is 56.0 Å². The topological polar surface area (TPSA) is 146 Å². The average Bonchev–Trinajstić information content (AvgIpc) is 3.45. The molecule has 15 heteroatoms. The molecule has 0 bridgehead atoms. The number of nitrogens with zero attached hydrogens (tertiary/aromatic N) is 4. The predicted octanol–water partition coefficient (Wildman–Crippen LogP) is 4.01. The molecular weight excluding hydrogens is 677 g/mol. The summed E-state index contributed by atoms with van der Waals surface area (Å²) in [4.78, 5) is 56.8. The first-order valence-corrected chi connectivity index (χ1v) is 16.0. The first-order chi connectivity index (χ1) is 23.5. The highest BCUT2D eigenvalue weighted by Gasteiger charge is 2.69. The molecule has 13 nitrogen and oxygen atoms in total. The molecule has 0 radical (unpaired) electrons. The van der Waals surface area contributed by atoms with Crippen LogP contribution < -0.4 is 31.0 Å². The molecule has 0 spiro atoms. The number of carbonyl (C=O) groups excluding carboxylic acids is 2. The molecule has 3 aromatic carbocycles. The number of phenolic OH excluding ortho intramolecular Hbond substituents is 1. The number of halogens is 2. The molecule has 1 aromatic heterocycles. The normalized spacial score (nSPS) is 22.6. The number of amides is 2. The molecule has 1 saturated heterocycles. The second-order valence-corrected chi connectivity index (χ2v) is 12.9. The van der Waals surface area contributed by atoms with Crippen LogP contribution in [-0.2, 0) is 28.6 Å². The van der Waals surface area contributed by atoms with Crippen molar-refractivity contribution in [2.24, 2.45) is 13.0 Å². The zero-order valence-electron chi connectivity index (χ0n) is 26.8. The van der Waals surface area contributed by atoms with Gasteiger partial charge in [-0.15, -0.1) is 0 Å². The highest BCUT2D eigenvalue weighted by molar-refractivity contribution is 6.36. The van der Waals surface area contributed by atoms with Gasteiger partial charge >= 0.3 is 11.4 Å². The highest BCUT2D eigenvalue weighted by atomic mass is 35.5. The second-order valence-electron chi connectivity index (χ2n) is 12.1. The number of allylic oxidation sites excluding steroid dienone is 2. The van der Waals surface area contributed by atoms with E-state index in [4.69, 9.17) is 37.4 Å². The standard InChI is InChI=1S/C34H31Cl2N5O8/c1-38-32(45)39-12-11-21-25(41(39)33(38)46)16-22-30(43)40(37-24-10-7-18(35)13-23(24)36)31(44)34(22,17-5-8-19(47-2)9-6-17)29(21)28-26(42)14-20(48-3)15-27(28)49-4/h5-11,13-15,22,25,29,37,42H,12,16H2,1-4H3/t22-,25+,29+,34+/m0/s1. The summed E-state index contributed by atoms with van der Waals surface area (Å²) in [6.45, 7) is 0.00429. The lowest BCUT2D eigenvalue weighted by Gasteiger charge is -2.49. The Kier molecular flexibility index (Phi) is 7.79. The van der Waals surface area contributed by atoms with Gasteiger partial charge in [-0.3, -0.25) is 15.0 Å². The van der Waals surface area contributed by atoms with Gasteiger partial charge < -0.3 is 19.3 Å². The van der Waals surface area contributed by atoms with Crippen LogP contribution in [0.3, 0.4) is 0 Å². The number of anilines is 1. The fourth-order valence-corrected chi connectivity index (χ4v) is 8.14. The van der Waals surface area contributed by atoms with Crippen molar-refractivity contribution in [1.82, 2.24) is 18.9 Å². The molecule has 2 fully saturated rings. The van der Waals surface area contributed by atoms with Crippen LogP contribution in [-0.4, -0.2) is 57.2 Å². The number of carbonyl (C=O) groups is 2. The third-order valence-corrected chi connectivity index (χ3v) is 10.4. The van der Waals surface area contributed by atoms with Crippen LogP contribution in [0.5, 0.6) is 23.0 Å². The maximum absolute atomic E-state index is 15.3. The van der Waals surface area contributed by atoms with Gasteiger partial charge in [0.1, 0.15) is 23.0 Å². The quantitative estimate of drug-likeness (QED) is 0.215. The molecule has 0 unspecified atom stereocenters. The average molecular weight is 709 g/mol. The number of nitrogens with one attached hydrogen (secondary N) is 1. The van der Waals surface area contributed by atoms with Crippen molar-refractivity contribution in [3.63, 3.8) is 0 Å². The number of phenols is 1. The Balaban J connectivity index is 1.55. The van der Waals surface area contributed by atoms with Crippen LogP contribution in [0.1, 0.15) is 29.5 Å². The fourth-order valence-electron chi connectivity index (χ4n) is 7.69. The fraction of sp³-hybridized carbons (Fsp3) is 0.294. The molecule has 4 aromatic rings. The van der Waals surface area contributed by atoms with Gasteiger partial charge in [0, 0.05) is 35.7 Å². The van der Waals surface area contributed by atoms with E-state index in [9.17, 15) is 19.5 Å². The van der Waals surface area contributed by atoms with Crippen LogP contribution in [0.4, 0.5) is 5.69 Å². The first kappa shape index (κ1) is 32.4. The van der Waals surface area contributed by atoms with Gasteiger partial charge in [-0.25, -0.2) is 23.5 Å². The van der Waals surface area contributed by atoms with E-state index >= 15 is 4.79 Å². The van der Waals surface area contributed by atoms with Gasteiger partial charge in [0.25, 0.3) is 11.8 Å². The molecule has 7 rings (SSSR count). The SMILES string of the molecule is COc1ccc([C@@]23C(=O)N(Nc4ccc(Cl)cc4Cl)C(=O)[C@@H]2C[C@@H]2C(=CCn4c(=O)n(C)c(=O)n42)[C@@H]3c2c(O)cc(OC)cc2OC)cc1. The minimum absolute atomic E-state index is 0.00429. The number of hydrazine groups is 1. The number of imide groups is 1. The lowest BCUT2D eigenvalue weighted by atomic mass is 9.53. The molecule has 2 amide bonds. The first-order valence-electron chi connectivity index (χ1n) is 15.3. The molecule has 254 valence electrons. The second kappa shape index (κ2) is 11.8. The zero-order chi connectivity index (χ0) is 34.9. The number of hydrogen-bond acceptors (Lipinski definition) is 9. The van der Waals surface area contributed by atoms with Crippen LogP contribution in [0.15, 0.2) is 75.8 Å². The van der Waals surface area contributed by atoms with Crippen molar-refractivity contribution in [3.8, 4) is 23.0 Å². The lowest BCUT2D eigenvalue weighted by Crippen LogP contribution is -2.53. The summed E-state index contributed by atoms with van der Waals surface area (Å²) in [6, 6.07) is 13.5. The zero-order valence-corrected chi connectivity index (χ0v) is 28.3. The third-order valence-electron chi connectivity index (χ3n) is 9.87. The van der Waals surface area contributed by atoms with E-state index in [2.05, 4.69) is 5.43 Å². The summed E-state index contributed by atoms with van der Waals surface area (Å²) in [6.07, 6.45) is 1.75. The van der Waals surface area contributed by atoms with Crippen LogP contribution in [0.25, 0.3) is 0 Å². The number of ether oxygens (including phenoxy) is 3. The minimum Gasteiger partial charge on any atom is -0.507 e. The van der Waals surface area contributed by atoms with E-state index in [1.807, 2.05) is 0 Å². The molecular formula is C34H31Cl2N5O8. The van der Waals surface area contributed by atoms with E-state index in [0.717, 1.165) is 9.58 Å². The van der Waals surface area contributed by atoms with Crippen molar-refractivity contribution in [3.05, 3.63) is 108 Å². The Morgan fingerprint density at radius 1 is 0.898 bits per heavy atom. The van der Waals surface area contributed by atoms with Crippen molar-refractivity contribution in [2.45, 2.75) is 30.3 Å². The summed E-state index contributed by atoms with van der Waals surface area (Å²) >= 11 is 12.6. The molecule has 49 heavy (non-hydrogen) atoms. The largest absolute Gasteiger partial charge is 0.507 e. The smallest absolute Gasteiger partial charge is 0.347 e. The Morgan fingerprint density at radius 2 is 1.61 bits per heavy atom. The van der Waals surface area contributed by atoms with Gasteiger partial charge in [0.15, 0.2) is 0 Å². The summed E-state index contributed by atoms with van der Waals surface area (Å²) in [5.74, 6) is -2.72. The lowest BCUT2D eigenvalue weighted by molar-refractivity contribution is -0.138. The summed E-state index contributed by atoms with van der Waals surface area (Å²) < 4.78 is 20.3. The molecule has 3 heterocycles. The number of fused-ring (bicyclic) bond motifs is 4. The van der Waals surface area contributed by atoms with Gasteiger partial charge in [-0.05, 0) is 47.9 Å². The molecule has 1 saturated carbocycles. The number of rotatable bonds is 7. The Bertz CT molecular complexity index is 2190. The number of aromatic nitrogens is 3. The molecule has 2 N–H and O–H groups in total. The maximum atomic E-state index is 15.3. The summed E-state index contributed by atoms with van der Waals surface area (Å²) in [7, 11) is 5.76. The minimum atomic E-state index is -1.71. The maximum Gasteiger partial charge on any atom is 0.347 e. The highest BCUT2D eigenvalue weighted by Crippen LogP contribution is 2.64. The van der Waals surface area contributed by atoms with Crippen molar-refractivity contribution in [2.75, 3.05) is 26.8 Å².